The third-order valence-electron chi connectivity index (χ3n) is 4.66. The van der Waals surface area contributed by atoms with Gasteiger partial charge in [-0.1, -0.05) is 0 Å². The van der Waals surface area contributed by atoms with E-state index in [0.717, 1.165) is 23.7 Å². The minimum atomic E-state index is 0.449. The molecule has 0 heterocycles. The maximum Gasteiger partial charge on any atom is 0.123 e. The first kappa shape index (κ1) is 7.11. The number of rotatable bonds is 1. The minimum Gasteiger partial charge on any atom is -0.303 e. The summed E-state index contributed by atoms with van der Waals surface area (Å²) in [5, 5.41) is 0. The van der Waals surface area contributed by atoms with Crippen LogP contribution in [0.15, 0.2) is 0 Å². The van der Waals surface area contributed by atoms with Crippen molar-refractivity contribution in [2.75, 3.05) is 0 Å². The molecule has 0 radical (unpaired) electrons. The van der Waals surface area contributed by atoms with Gasteiger partial charge in [-0.05, 0) is 55.8 Å². The molecule has 1 heteroatoms. The van der Waals surface area contributed by atoms with Gasteiger partial charge >= 0.3 is 0 Å². The Hall–Kier alpha value is -0.330. The largest absolute Gasteiger partial charge is 0.303 e. The molecule has 0 unspecified atom stereocenters. The molecule has 3 aliphatic carbocycles. The van der Waals surface area contributed by atoms with Crippen LogP contribution in [0.2, 0.25) is 0 Å². The molecule has 3 rings (SSSR count). The zero-order valence-electron chi connectivity index (χ0n) is 7.41. The van der Waals surface area contributed by atoms with Crippen LogP contribution in [0.5, 0.6) is 0 Å². The van der Waals surface area contributed by atoms with Gasteiger partial charge in [0.1, 0.15) is 6.29 Å². The third-order valence-corrected chi connectivity index (χ3v) is 4.66. The summed E-state index contributed by atoms with van der Waals surface area (Å²) in [5.41, 5.74) is 0. The van der Waals surface area contributed by atoms with Crippen molar-refractivity contribution in [2.45, 2.75) is 32.1 Å². The maximum absolute atomic E-state index is 10.8. The van der Waals surface area contributed by atoms with Crippen LogP contribution in [0.1, 0.15) is 32.1 Å². The number of carbonyl (C=O) groups is 1. The van der Waals surface area contributed by atoms with Gasteiger partial charge in [0.05, 0.1) is 0 Å². The second-order valence-electron chi connectivity index (χ2n) is 4.95. The highest BCUT2D eigenvalue weighted by molar-refractivity contribution is 5.55. The standard InChI is InChI=1S/C11H16O/c12-6-9-3-4-10-7-1-2-8(5-7)11(9)10/h6-11H,1-5H2/t7-,8+,9-,10-,11-/m1/s1. The fourth-order valence-corrected chi connectivity index (χ4v) is 4.29. The smallest absolute Gasteiger partial charge is 0.123 e. The van der Waals surface area contributed by atoms with E-state index in [0.29, 0.717) is 5.92 Å². The summed E-state index contributed by atoms with van der Waals surface area (Å²) in [7, 11) is 0. The third kappa shape index (κ3) is 0.725. The second kappa shape index (κ2) is 2.34. The molecule has 0 aliphatic heterocycles. The number of hydrogen-bond donors (Lipinski definition) is 0. The van der Waals surface area contributed by atoms with E-state index in [1.54, 1.807) is 0 Å². The Bertz CT molecular complexity index is 211. The van der Waals surface area contributed by atoms with E-state index in [1.165, 1.54) is 38.4 Å². The molecule has 0 aromatic carbocycles. The second-order valence-corrected chi connectivity index (χ2v) is 4.95. The molecule has 3 saturated carbocycles. The number of hydrogen-bond acceptors (Lipinski definition) is 1. The number of aldehydes is 1. The lowest BCUT2D eigenvalue weighted by molar-refractivity contribution is -0.112. The SMILES string of the molecule is O=C[C@H]1CC[C@@H]2[C@@H]3CC[C@@H](C3)[C@@H]21. The molecule has 66 valence electrons. The summed E-state index contributed by atoms with van der Waals surface area (Å²) < 4.78 is 0. The molecule has 1 nitrogen and oxygen atoms in total. The van der Waals surface area contributed by atoms with Crippen molar-refractivity contribution in [2.24, 2.45) is 29.6 Å². The zero-order valence-corrected chi connectivity index (χ0v) is 7.41. The Morgan fingerprint density at radius 1 is 1.00 bits per heavy atom. The van der Waals surface area contributed by atoms with Gasteiger partial charge < -0.3 is 4.79 Å². The Labute approximate surface area is 73.5 Å². The van der Waals surface area contributed by atoms with Gasteiger partial charge in [0.2, 0.25) is 0 Å². The molecule has 0 aromatic heterocycles. The van der Waals surface area contributed by atoms with Gasteiger partial charge in [-0.15, -0.1) is 0 Å². The fourth-order valence-electron chi connectivity index (χ4n) is 4.29. The molecular formula is C11H16O. The Kier molecular flexibility index (Phi) is 1.38. The van der Waals surface area contributed by atoms with Crippen LogP contribution in [0.25, 0.3) is 0 Å². The van der Waals surface area contributed by atoms with Crippen molar-refractivity contribution in [3.63, 3.8) is 0 Å². The first-order valence-corrected chi connectivity index (χ1v) is 5.35. The van der Waals surface area contributed by atoms with Crippen LogP contribution in [0, 0.1) is 29.6 Å². The van der Waals surface area contributed by atoms with Crippen molar-refractivity contribution in [3.05, 3.63) is 0 Å². The average Bonchev–Trinajstić information content (AvgIpc) is 2.76. The molecule has 0 aromatic rings. The van der Waals surface area contributed by atoms with Crippen LogP contribution in [0.3, 0.4) is 0 Å². The van der Waals surface area contributed by atoms with E-state index in [9.17, 15) is 4.79 Å². The van der Waals surface area contributed by atoms with Gasteiger partial charge in [0, 0.05) is 5.92 Å². The lowest BCUT2D eigenvalue weighted by Crippen LogP contribution is -2.22. The Morgan fingerprint density at radius 3 is 2.67 bits per heavy atom. The van der Waals surface area contributed by atoms with Crippen LogP contribution < -0.4 is 0 Å². The summed E-state index contributed by atoms with van der Waals surface area (Å²) in [5.74, 6) is 4.19. The quantitative estimate of drug-likeness (QED) is 0.543. The van der Waals surface area contributed by atoms with Gasteiger partial charge in [0.15, 0.2) is 0 Å². The highest BCUT2D eigenvalue weighted by Crippen LogP contribution is 2.60. The van der Waals surface area contributed by atoms with Gasteiger partial charge in [-0.3, -0.25) is 0 Å². The van der Waals surface area contributed by atoms with E-state index < -0.39 is 0 Å². The van der Waals surface area contributed by atoms with Crippen LogP contribution in [0.4, 0.5) is 0 Å². The monoisotopic (exact) mass is 164 g/mol. The van der Waals surface area contributed by atoms with Crippen molar-refractivity contribution < 1.29 is 4.79 Å². The summed E-state index contributed by atoms with van der Waals surface area (Å²) >= 11 is 0. The molecule has 0 amide bonds. The summed E-state index contributed by atoms with van der Waals surface area (Å²) in [4.78, 5) is 10.8. The van der Waals surface area contributed by atoms with Crippen LogP contribution in [-0.4, -0.2) is 6.29 Å². The Morgan fingerprint density at radius 2 is 1.83 bits per heavy atom. The highest BCUT2D eigenvalue weighted by Gasteiger charge is 2.52. The summed E-state index contributed by atoms with van der Waals surface area (Å²) in [6.45, 7) is 0. The molecule has 0 N–H and O–H groups in total. The summed E-state index contributed by atoms with van der Waals surface area (Å²) in [6.07, 6.45) is 8.15. The first-order valence-electron chi connectivity index (χ1n) is 5.35. The predicted molar refractivity (Wildman–Crippen MR) is 46.6 cm³/mol. The topological polar surface area (TPSA) is 17.1 Å². The van der Waals surface area contributed by atoms with E-state index in [1.807, 2.05) is 0 Å². The van der Waals surface area contributed by atoms with Gasteiger partial charge in [-0.2, -0.15) is 0 Å². The number of fused-ring (bicyclic) bond motifs is 5. The van der Waals surface area contributed by atoms with E-state index in [-0.39, 0.29) is 0 Å². The summed E-state index contributed by atoms with van der Waals surface area (Å²) in [6, 6.07) is 0. The molecule has 0 saturated heterocycles. The highest BCUT2D eigenvalue weighted by atomic mass is 16.1. The molecular weight excluding hydrogens is 148 g/mol. The Balaban J connectivity index is 1.89. The number of carbonyl (C=O) groups excluding carboxylic acids is 1. The maximum atomic E-state index is 10.8. The van der Waals surface area contributed by atoms with E-state index >= 15 is 0 Å². The minimum absolute atomic E-state index is 0.449. The lowest BCUT2D eigenvalue weighted by atomic mass is 9.78. The fraction of sp³-hybridized carbons (Fsp3) is 0.909. The van der Waals surface area contributed by atoms with Crippen molar-refractivity contribution in [3.8, 4) is 0 Å². The molecule has 5 atom stereocenters. The van der Waals surface area contributed by atoms with Crippen molar-refractivity contribution >= 4 is 6.29 Å². The molecule has 2 bridgehead atoms. The predicted octanol–water partition coefficient (Wildman–Crippen LogP) is 2.26. The van der Waals surface area contributed by atoms with E-state index in [4.69, 9.17) is 0 Å². The van der Waals surface area contributed by atoms with Gasteiger partial charge in [-0.25, -0.2) is 0 Å². The molecule has 0 spiro atoms. The van der Waals surface area contributed by atoms with Crippen molar-refractivity contribution in [1.82, 2.24) is 0 Å². The lowest BCUT2D eigenvalue weighted by Gasteiger charge is -2.26. The molecule has 3 fully saturated rings. The van der Waals surface area contributed by atoms with Crippen LogP contribution >= 0.6 is 0 Å². The molecule has 3 aliphatic rings. The van der Waals surface area contributed by atoms with E-state index in [2.05, 4.69) is 0 Å². The molecule has 12 heavy (non-hydrogen) atoms. The van der Waals surface area contributed by atoms with Crippen molar-refractivity contribution in [1.29, 1.82) is 0 Å². The average molecular weight is 164 g/mol. The van der Waals surface area contributed by atoms with Crippen LogP contribution in [-0.2, 0) is 4.79 Å². The normalized spacial score (nSPS) is 55.8. The zero-order chi connectivity index (χ0) is 8.13. The van der Waals surface area contributed by atoms with Gasteiger partial charge in [0.25, 0.3) is 0 Å². The first-order chi connectivity index (χ1) is 5.90.